The van der Waals surface area contributed by atoms with Gasteiger partial charge in [-0.25, -0.2) is 15.6 Å². The summed E-state index contributed by atoms with van der Waals surface area (Å²) in [4.78, 5) is 27.0. The van der Waals surface area contributed by atoms with E-state index in [1.54, 1.807) is 42.5 Å². The van der Waals surface area contributed by atoms with Crippen LogP contribution in [-0.2, 0) is 4.79 Å². The third kappa shape index (κ3) is 5.29. The van der Waals surface area contributed by atoms with Gasteiger partial charge < -0.3 is 15.8 Å². The molecule has 7 nitrogen and oxygen atoms in total. The van der Waals surface area contributed by atoms with Crippen molar-refractivity contribution in [3.63, 3.8) is 0 Å². The van der Waals surface area contributed by atoms with Crippen molar-refractivity contribution in [2.45, 2.75) is 6.92 Å². The normalized spacial score (nSPS) is 11.0. The predicted molar refractivity (Wildman–Crippen MR) is 97.7 cm³/mol. The van der Waals surface area contributed by atoms with E-state index in [-0.39, 0.29) is 5.91 Å². The highest BCUT2D eigenvalue weighted by atomic mass is 16.4. The molecule has 0 aliphatic carbocycles. The Morgan fingerprint density at radius 1 is 1.20 bits per heavy atom. The number of rotatable bonds is 6. The van der Waals surface area contributed by atoms with Crippen LogP contribution >= 0.6 is 0 Å². The first-order valence-electron chi connectivity index (χ1n) is 7.41. The van der Waals surface area contributed by atoms with E-state index in [0.717, 1.165) is 17.2 Å². The number of amides is 1. The molecule has 0 bridgehead atoms. The maximum atomic E-state index is 12.4. The smallest absolute Gasteiger partial charge is 0.328 e. The molecule has 0 aliphatic heterocycles. The van der Waals surface area contributed by atoms with Crippen molar-refractivity contribution in [2.75, 3.05) is 5.32 Å². The fourth-order valence-corrected chi connectivity index (χ4v) is 2.13. The van der Waals surface area contributed by atoms with E-state index in [4.69, 9.17) is 10.9 Å². The predicted octanol–water partition coefficient (Wildman–Crippen LogP) is 2.47. The van der Waals surface area contributed by atoms with Gasteiger partial charge in [0.2, 0.25) is 0 Å². The largest absolute Gasteiger partial charge is 0.478 e. The number of hydrogen-bond acceptors (Lipinski definition) is 4. The molecule has 0 radical (unpaired) electrons. The van der Waals surface area contributed by atoms with Crippen molar-refractivity contribution in [1.82, 2.24) is 5.43 Å². The molecule has 7 heteroatoms. The lowest BCUT2D eigenvalue weighted by Crippen LogP contribution is -2.18. The van der Waals surface area contributed by atoms with E-state index < -0.39 is 5.97 Å². The van der Waals surface area contributed by atoms with Crippen LogP contribution in [0.15, 0.2) is 53.5 Å². The zero-order chi connectivity index (χ0) is 18.2. The van der Waals surface area contributed by atoms with Crippen molar-refractivity contribution in [3.05, 3.63) is 65.2 Å². The lowest BCUT2D eigenvalue weighted by molar-refractivity contribution is -0.131. The zero-order valence-electron chi connectivity index (χ0n) is 13.6. The number of carboxylic acids is 1. The van der Waals surface area contributed by atoms with Crippen molar-refractivity contribution in [1.29, 1.82) is 0 Å². The number of anilines is 1. The van der Waals surface area contributed by atoms with Gasteiger partial charge in [0.25, 0.3) is 5.91 Å². The molecule has 2 aromatic carbocycles. The first-order chi connectivity index (χ1) is 12.0. The van der Waals surface area contributed by atoms with E-state index in [0.29, 0.717) is 16.9 Å². The van der Waals surface area contributed by atoms with Crippen LogP contribution in [0.2, 0.25) is 0 Å². The van der Waals surface area contributed by atoms with Gasteiger partial charge in [-0.15, -0.1) is 0 Å². The molecule has 0 heterocycles. The monoisotopic (exact) mass is 338 g/mol. The molecular formula is C18H18N4O3. The van der Waals surface area contributed by atoms with Crippen LogP contribution in [0, 0.1) is 6.92 Å². The van der Waals surface area contributed by atoms with Crippen LogP contribution in [0.4, 0.5) is 11.4 Å². The summed E-state index contributed by atoms with van der Waals surface area (Å²) in [5, 5.41) is 11.5. The van der Waals surface area contributed by atoms with Crippen LogP contribution in [0.1, 0.15) is 21.5 Å². The number of carbonyl (C=O) groups excluding carboxylic acids is 1. The van der Waals surface area contributed by atoms with Gasteiger partial charge in [-0.3, -0.25) is 4.79 Å². The van der Waals surface area contributed by atoms with Gasteiger partial charge >= 0.3 is 5.97 Å². The molecule has 0 saturated carbocycles. The molecule has 0 spiro atoms. The molecule has 2 rings (SSSR count). The second-order valence-electron chi connectivity index (χ2n) is 5.18. The summed E-state index contributed by atoms with van der Waals surface area (Å²) in [6.07, 6.45) is 3.88. The Kier molecular flexibility index (Phi) is 6.02. The zero-order valence-corrected chi connectivity index (χ0v) is 13.6. The van der Waals surface area contributed by atoms with Gasteiger partial charge in [0.15, 0.2) is 0 Å². The molecule has 25 heavy (non-hydrogen) atoms. The Morgan fingerprint density at radius 2 is 2.00 bits per heavy atom. The molecule has 0 fully saturated rings. The molecular weight excluding hydrogens is 320 g/mol. The van der Waals surface area contributed by atoms with Gasteiger partial charge in [-0.1, -0.05) is 12.1 Å². The standard InChI is InChI=1S/C18H18N4O3/c1-12-9-13(6-8-17(23)24)5-7-16(12)22-18(25)14-3-2-4-15(10-14)20-11-21-19/h2-11H,19H2,1H3,(H,20,21)(H,22,25)(H,23,24). The highest BCUT2D eigenvalue weighted by Gasteiger charge is 2.08. The summed E-state index contributed by atoms with van der Waals surface area (Å²) in [5.41, 5.74) is 5.56. The molecule has 0 unspecified atom stereocenters. The Labute approximate surface area is 144 Å². The molecule has 1 amide bonds. The molecule has 0 saturated heterocycles. The SMILES string of the molecule is Cc1cc(C=CC(=O)O)ccc1NC(=O)c1cccc(N=CNN)c1. The van der Waals surface area contributed by atoms with E-state index in [9.17, 15) is 9.59 Å². The van der Waals surface area contributed by atoms with E-state index in [2.05, 4.69) is 15.7 Å². The van der Waals surface area contributed by atoms with Crippen LogP contribution in [0.25, 0.3) is 6.08 Å². The fourth-order valence-electron chi connectivity index (χ4n) is 2.13. The number of nitrogens with one attached hydrogen (secondary N) is 2. The average Bonchev–Trinajstić information content (AvgIpc) is 2.60. The van der Waals surface area contributed by atoms with Crippen LogP contribution < -0.4 is 16.6 Å². The summed E-state index contributed by atoms with van der Waals surface area (Å²) in [6.45, 7) is 1.83. The highest BCUT2D eigenvalue weighted by molar-refractivity contribution is 6.05. The Balaban J connectivity index is 2.15. The number of carboxylic acid groups (broad SMARTS) is 1. The second-order valence-corrected chi connectivity index (χ2v) is 5.18. The molecule has 5 N–H and O–H groups in total. The molecule has 0 aliphatic rings. The summed E-state index contributed by atoms with van der Waals surface area (Å²) in [5.74, 6) is 3.85. The van der Waals surface area contributed by atoms with Crippen molar-refractivity contribution in [3.8, 4) is 0 Å². The van der Waals surface area contributed by atoms with Crippen molar-refractivity contribution >= 4 is 35.7 Å². The first kappa shape index (κ1) is 17.9. The number of hydrogen-bond donors (Lipinski definition) is 4. The minimum Gasteiger partial charge on any atom is -0.478 e. The number of benzene rings is 2. The van der Waals surface area contributed by atoms with Gasteiger partial charge in [0.1, 0.15) is 6.34 Å². The summed E-state index contributed by atoms with van der Waals surface area (Å²) >= 11 is 0. The third-order valence-electron chi connectivity index (χ3n) is 3.31. The lowest BCUT2D eigenvalue weighted by atomic mass is 10.1. The highest BCUT2D eigenvalue weighted by Crippen LogP contribution is 2.20. The summed E-state index contributed by atoms with van der Waals surface area (Å²) in [7, 11) is 0. The number of carbonyl (C=O) groups is 2. The first-order valence-corrected chi connectivity index (χ1v) is 7.41. The summed E-state index contributed by atoms with van der Waals surface area (Å²) in [6, 6.07) is 12.1. The Bertz CT molecular complexity index is 844. The van der Waals surface area contributed by atoms with Crippen LogP contribution in [0.5, 0.6) is 0 Å². The van der Waals surface area contributed by atoms with Crippen LogP contribution in [-0.4, -0.2) is 23.3 Å². The molecule has 128 valence electrons. The Hall–Kier alpha value is -3.45. The number of aryl methyl sites for hydroxylation is 1. The van der Waals surface area contributed by atoms with Crippen molar-refractivity contribution < 1.29 is 14.7 Å². The van der Waals surface area contributed by atoms with Gasteiger partial charge in [-0.05, 0) is 54.5 Å². The molecule has 2 aromatic rings. The Morgan fingerprint density at radius 3 is 2.68 bits per heavy atom. The summed E-state index contributed by atoms with van der Waals surface area (Å²) < 4.78 is 0. The number of aliphatic imine (C=N–C) groups is 1. The topological polar surface area (TPSA) is 117 Å². The van der Waals surface area contributed by atoms with Crippen molar-refractivity contribution in [2.24, 2.45) is 10.8 Å². The maximum absolute atomic E-state index is 12.4. The third-order valence-corrected chi connectivity index (χ3v) is 3.31. The maximum Gasteiger partial charge on any atom is 0.328 e. The minimum atomic E-state index is -1.01. The molecule has 0 atom stereocenters. The van der Waals surface area contributed by atoms with Gasteiger partial charge in [0, 0.05) is 17.3 Å². The number of nitrogens with zero attached hydrogens (tertiary/aromatic N) is 1. The molecule has 0 aromatic heterocycles. The lowest BCUT2D eigenvalue weighted by Gasteiger charge is -2.09. The quantitative estimate of drug-likeness (QED) is 0.212. The van der Waals surface area contributed by atoms with E-state index >= 15 is 0 Å². The number of aliphatic carboxylic acids is 1. The van der Waals surface area contributed by atoms with Gasteiger partial charge in [-0.2, -0.15) is 0 Å². The number of nitrogens with two attached hydrogens (primary N) is 1. The number of hydrazine groups is 1. The minimum absolute atomic E-state index is 0.269. The second kappa shape index (κ2) is 8.42. The van der Waals surface area contributed by atoms with Crippen LogP contribution in [0.3, 0.4) is 0 Å². The van der Waals surface area contributed by atoms with E-state index in [1.807, 2.05) is 6.92 Å². The fraction of sp³-hybridized carbons (Fsp3) is 0.0556. The average molecular weight is 338 g/mol. The van der Waals surface area contributed by atoms with Gasteiger partial charge in [0.05, 0.1) is 5.69 Å². The van der Waals surface area contributed by atoms with E-state index in [1.165, 1.54) is 12.4 Å².